The van der Waals surface area contributed by atoms with Crippen LogP contribution in [0.15, 0.2) is 54.6 Å². The van der Waals surface area contributed by atoms with Crippen molar-refractivity contribution in [2.45, 2.75) is 4.75 Å². The van der Waals surface area contributed by atoms with Crippen LogP contribution in [-0.2, 0) is 14.9 Å². The normalized spacial score (nSPS) is 13.8. The Morgan fingerprint density at radius 2 is 1.45 bits per heavy atom. The lowest BCUT2D eigenvalue weighted by molar-refractivity contribution is 0.439. The average Bonchev–Trinajstić information content (AvgIpc) is 2.63. The summed E-state index contributed by atoms with van der Waals surface area (Å²) in [5.74, 6) is -1.04. The summed E-state index contributed by atoms with van der Waals surface area (Å²) in [7, 11) is -5.16. The van der Waals surface area contributed by atoms with Gasteiger partial charge in [-0.15, -0.1) is 0 Å². The van der Waals surface area contributed by atoms with Gasteiger partial charge in [-0.25, -0.2) is 0 Å². The maximum Gasteiger partial charge on any atom is 0.283 e. The van der Waals surface area contributed by atoms with Crippen molar-refractivity contribution in [3.05, 3.63) is 91.4 Å². The maximum atomic E-state index is 13.0. The Bertz CT molecular complexity index is 1190. The monoisotopic (exact) mass is 492 g/mol. The lowest BCUT2D eigenvalue weighted by Gasteiger charge is -2.34. The van der Waals surface area contributed by atoms with Gasteiger partial charge in [0.25, 0.3) is 10.1 Å². The second-order valence-electron chi connectivity index (χ2n) is 6.06. The molecule has 0 spiro atoms. The highest BCUT2D eigenvalue weighted by Gasteiger charge is 2.53. The number of rotatable bonds is 4. The number of hydrogen-bond donors (Lipinski definition) is 3. The Morgan fingerprint density at radius 3 is 2.03 bits per heavy atom. The molecule has 0 aliphatic carbocycles. The molecule has 0 fully saturated rings. The molecule has 0 amide bonds. The van der Waals surface area contributed by atoms with Crippen LogP contribution in [0.3, 0.4) is 0 Å². The molecule has 5 nitrogen and oxygen atoms in total. The molecule has 152 valence electrons. The van der Waals surface area contributed by atoms with Crippen molar-refractivity contribution in [3.63, 3.8) is 0 Å². The van der Waals surface area contributed by atoms with E-state index < -0.39 is 37.0 Å². The van der Waals surface area contributed by atoms with Crippen LogP contribution in [-0.4, -0.2) is 23.2 Å². The minimum absolute atomic E-state index is 0.0838. The van der Waals surface area contributed by atoms with E-state index in [1.807, 2.05) is 0 Å². The summed E-state index contributed by atoms with van der Waals surface area (Å²) in [5, 5.41) is 19.9. The molecule has 0 heterocycles. The summed E-state index contributed by atoms with van der Waals surface area (Å²) >= 11 is 24.8. The van der Waals surface area contributed by atoms with Crippen molar-refractivity contribution >= 4 is 56.5 Å². The summed E-state index contributed by atoms with van der Waals surface area (Å²) in [6.45, 7) is 0. The Morgan fingerprint density at radius 1 is 0.793 bits per heavy atom. The molecular formula is C19H12Cl4O5S. The molecule has 10 heteroatoms. The van der Waals surface area contributed by atoms with Gasteiger partial charge in [-0.2, -0.15) is 8.42 Å². The highest BCUT2D eigenvalue weighted by Crippen LogP contribution is 2.54. The van der Waals surface area contributed by atoms with Gasteiger partial charge in [0, 0.05) is 22.2 Å². The van der Waals surface area contributed by atoms with Crippen molar-refractivity contribution in [2.24, 2.45) is 0 Å². The summed E-state index contributed by atoms with van der Waals surface area (Å²) in [5.41, 5.74) is -0.785. The van der Waals surface area contributed by atoms with Crippen LogP contribution >= 0.6 is 46.4 Å². The number of aromatic hydroxyl groups is 2. The van der Waals surface area contributed by atoms with Crippen LogP contribution in [0.1, 0.15) is 16.7 Å². The molecule has 0 aliphatic heterocycles. The van der Waals surface area contributed by atoms with Crippen LogP contribution in [0.4, 0.5) is 0 Å². The number of hydrogen-bond acceptors (Lipinski definition) is 4. The zero-order chi connectivity index (χ0) is 21.6. The predicted octanol–water partition coefficient (Wildman–Crippen LogP) is 5.89. The van der Waals surface area contributed by atoms with E-state index in [2.05, 4.69) is 0 Å². The molecule has 0 bridgehead atoms. The van der Waals surface area contributed by atoms with E-state index in [9.17, 15) is 23.2 Å². The van der Waals surface area contributed by atoms with E-state index in [-0.39, 0.29) is 26.2 Å². The predicted molar refractivity (Wildman–Crippen MR) is 114 cm³/mol. The van der Waals surface area contributed by atoms with Gasteiger partial charge >= 0.3 is 0 Å². The van der Waals surface area contributed by atoms with Crippen LogP contribution in [0.2, 0.25) is 20.1 Å². The minimum Gasteiger partial charge on any atom is -0.508 e. The first kappa shape index (κ1) is 22.0. The Balaban J connectivity index is 2.69. The molecule has 0 saturated carbocycles. The molecule has 0 saturated heterocycles. The van der Waals surface area contributed by atoms with Gasteiger partial charge in [0.15, 0.2) is 4.75 Å². The molecule has 1 unspecified atom stereocenters. The fourth-order valence-corrected chi connectivity index (χ4v) is 5.70. The quantitative estimate of drug-likeness (QED) is 0.239. The van der Waals surface area contributed by atoms with E-state index in [0.29, 0.717) is 0 Å². The van der Waals surface area contributed by atoms with Gasteiger partial charge in [0.1, 0.15) is 11.5 Å². The van der Waals surface area contributed by atoms with E-state index in [1.54, 1.807) is 0 Å². The lowest BCUT2D eigenvalue weighted by atomic mass is 9.83. The number of phenolic OH excluding ortho intramolecular Hbond substituents is 2. The smallest absolute Gasteiger partial charge is 0.283 e. The zero-order valence-electron chi connectivity index (χ0n) is 14.3. The van der Waals surface area contributed by atoms with Gasteiger partial charge in [0.05, 0.1) is 15.1 Å². The molecule has 0 radical (unpaired) electrons. The standard InChI is InChI=1S/C19H12Cl4O5S/c20-11-5-3-4-10(8-11)19(29(26,27)28,12-6-1-2-7-14(12)24)16-17(22)13(21)9-15(25)18(16)23/h1-9,24-25H,(H,26,27,28). The van der Waals surface area contributed by atoms with Crippen LogP contribution in [0.25, 0.3) is 0 Å². The van der Waals surface area contributed by atoms with Crippen LogP contribution in [0, 0.1) is 0 Å². The molecule has 3 aromatic carbocycles. The van der Waals surface area contributed by atoms with E-state index >= 15 is 0 Å². The molecule has 1 atom stereocenters. The third-order valence-electron chi connectivity index (χ3n) is 4.39. The third kappa shape index (κ3) is 3.54. The number of halogens is 4. The largest absolute Gasteiger partial charge is 0.508 e. The summed E-state index contributed by atoms with van der Waals surface area (Å²) < 4.78 is 34.0. The Labute approximate surface area is 186 Å². The van der Waals surface area contributed by atoms with E-state index in [4.69, 9.17) is 46.4 Å². The molecule has 3 N–H and O–H groups in total. The van der Waals surface area contributed by atoms with E-state index in [0.717, 1.165) is 6.07 Å². The first-order chi connectivity index (χ1) is 13.5. The fourth-order valence-electron chi connectivity index (χ4n) is 3.23. The molecule has 3 rings (SSSR count). The number of para-hydroxylation sites is 1. The summed E-state index contributed by atoms with van der Waals surface area (Å²) in [6.07, 6.45) is 0. The van der Waals surface area contributed by atoms with E-state index in [1.165, 1.54) is 48.5 Å². The van der Waals surface area contributed by atoms with Gasteiger partial charge in [0.2, 0.25) is 0 Å². The second-order valence-corrected chi connectivity index (χ2v) is 9.23. The van der Waals surface area contributed by atoms with Crippen molar-refractivity contribution in [3.8, 4) is 11.5 Å². The van der Waals surface area contributed by atoms with Gasteiger partial charge in [-0.3, -0.25) is 4.55 Å². The average molecular weight is 494 g/mol. The molecule has 0 aromatic heterocycles. The minimum atomic E-state index is -5.16. The molecule has 0 aliphatic rings. The van der Waals surface area contributed by atoms with Crippen molar-refractivity contribution in [1.29, 1.82) is 0 Å². The highest BCUT2D eigenvalue weighted by molar-refractivity contribution is 7.87. The Kier molecular flexibility index (Phi) is 5.98. The van der Waals surface area contributed by atoms with Gasteiger partial charge < -0.3 is 10.2 Å². The lowest BCUT2D eigenvalue weighted by Crippen LogP contribution is -2.39. The van der Waals surface area contributed by atoms with Crippen LogP contribution < -0.4 is 0 Å². The topological polar surface area (TPSA) is 94.8 Å². The molecule has 29 heavy (non-hydrogen) atoms. The third-order valence-corrected chi connectivity index (χ3v) is 7.23. The van der Waals surface area contributed by atoms with Crippen molar-refractivity contribution in [2.75, 3.05) is 0 Å². The first-order valence-electron chi connectivity index (χ1n) is 7.90. The summed E-state index contributed by atoms with van der Waals surface area (Å²) in [4.78, 5) is 0. The maximum absolute atomic E-state index is 13.0. The summed E-state index contributed by atoms with van der Waals surface area (Å²) in [6, 6.07) is 12.0. The van der Waals surface area contributed by atoms with Gasteiger partial charge in [-0.1, -0.05) is 76.7 Å². The SMILES string of the molecule is O=S(=O)(O)C(c1cccc(Cl)c1)(c1ccccc1O)c1c(Cl)c(O)cc(Cl)c1Cl. The van der Waals surface area contributed by atoms with Crippen molar-refractivity contribution in [1.82, 2.24) is 0 Å². The Hall–Kier alpha value is -1.67. The number of benzene rings is 3. The first-order valence-corrected chi connectivity index (χ1v) is 10.9. The molecular weight excluding hydrogens is 482 g/mol. The van der Waals surface area contributed by atoms with Crippen LogP contribution in [0.5, 0.6) is 11.5 Å². The zero-order valence-corrected chi connectivity index (χ0v) is 18.1. The second kappa shape index (κ2) is 7.87. The number of phenols is 2. The van der Waals surface area contributed by atoms with Gasteiger partial charge in [-0.05, 0) is 23.8 Å². The highest BCUT2D eigenvalue weighted by atomic mass is 35.5. The molecule has 3 aromatic rings. The van der Waals surface area contributed by atoms with Crippen molar-refractivity contribution < 1.29 is 23.2 Å². The fraction of sp³-hybridized carbons (Fsp3) is 0.0526.